The molecule has 1 aliphatic heterocycles. The molecule has 0 fully saturated rings. The van der Waals surface area contributed by atoms with Crippen molar-refractivity contribution in [1.29, 1.82) is 0 Å². The van der Waals surface area contributed by atoms with Crippen molar-refractivity contribution in [3.05, 3.63) is 59.0 Å². The summed E-state index contributed by atoms with van der Waals surface area (Å²) in [4.78, 5) is 29.1. The summed E-state index contributed by atoms with van der Waals surface area (Å²) in [6, 6.07) is 11.7. The Morgan fingerprint density at radius 3 is 2.44 bits per heavy atom. The van der Waals surface area contributed by atoms with Crippen LogP contribution in [0.1, 0.15) is 55.5 Å². The molecule has 0 unspecified atom stereocenters. The Labute approximate surface area is 215 Å². The zero-order valence-corrected chi connectivity index (χ0v) is 22.0. The number of hydrogen-bond donors (Lipinski definition) is 2. The molecule has 2 N–H and O–H groups in total. The van der Waals surface area contributed by atoms with Crippen molar-refractivity contribution in [2.24, 2.45) is 0 Å². The summed E-state index contributed by atoms with van der Waals surface area (Å²) >= 11 is 1.30. The van der Waals surface area contributed by atoms with Gasteiger partial charge in [-0.3, -0.25) is 14.9 Å². The molecule has 3 aromatic rings. The number of sulfonamides is 1. The lowest BCUT2D eigenvalue weighted by molar-refractivity contribution is -0.115. The van der Waals surface area contributed by atoms with E-state index in [1.54, 1.807) is 0 Å². The largest absolute Gasteiger partial charge is 0.326 e. The molecule has 10 heteroatoms. The van der Waals surface area contributed by atoms with Crippen LogP contribution in [0.5, 0.6) is 0 Å². The maximum absolute atomic E-state index is 13.1. The summed E-state index contributed by atoms with van der Waals surface area (Å²) < 4.78 is 27.8. The van der Waals surface area contributed by atoms with Crippen molar-refractivity contribution in [1.82, 2.24) is 9.29 Å². The molecule has 4 rings (SSSR count). The zero-order chi connectivity index (χ0) is 25.7. The van der Waals surface area contributed by atoms with Gasteiger partial charge in [0.1, 0.15) is 0 Å². The van der Waals surface area contributed by atoms with Crippen LogP contribution >= 0.6 is 11.3 Å². The number of benzene rings is 2. The van der Waals surface area contributed by atoms with Crippen LogP contribution in [-0.4, -0.2) is 42.6 Å². The van der Waals surface area contributed by atoms with Crippen LogP contribution in [0.4, 0.5) is 10.8 Å². The van der Waals surface area contributed by atoms with E-state index >= 15 is 0 Å². The van der Waals surface area contributed by atoms with E-state index in [2.05, 4.69) is 15.6 Å². The number of nitrogens with zero attached hydrogens (tertiary/aromatic N) is 2. The van der Waals surface area contributed by atoms with E-state index in [0.29, 0.717) is 35.9 Å². The van der Waals surface area contributed by atoms with E-state index in [0.717, 1.165) is 42.5 Å². The minimum absolute atomic E-state index is 0.0261. The smallest absolute Gasteiger partial charge is 0.257 e. The van der Waals surface area contributed by atoms with E-state index in [9.17, 15) is 18.0 Å². The Balaban J connectivity index is 1.44. The molecule has 0 bridgehead atoms. The van der Waals surface area contributed by atoms with Gasteiger partial charge >= 0.3 is 0 Å². The molecular formula is C26H30N4O4S2. The lowest BCUT2D eigenvalue weighted by Gasteiger charge is -2.22. The number of fused-ring (bicyclic) bond motifs is 1. The molecule has 2 amide bonds. The van der Waals surface area contributed by atoms with Crippen molar-refractivity contribution in [3.63, 3.8) is 0 Å². The lowest BCUT2D eigenvalue weighted by atomic mass is 10.1. The summed E-state index contributed by atoms with van der Waals surface area (Å²) in [5, 5.41) is 7.88. The summed E-state index contributed by atoms with van der Waals surface area (Å²) in [7, 11) is -3.62. The van der Waals surface area contributed by atoms with Gasteiger partial charge in [-0.2, -0.15) is 4.31 Å². The highest BCUT2D eigenvalue weighted by Gasteiger charge is 2.24. The molecule has 36 heavy (non-hydrogen) atoms. The average Bonchev–Trinajstić information content (AvgIpc) is 3.49. The molecule has 2 aromatic carbocycles. The fourth-order valence-corrected chi connectivity index (χ4v) is 6.20. The van der Waals surface area contributed by atoms with Crippen LogP contribution in [-0.2, 0) is 21.2 Å². The molecule has 190 valence electrons. The van der Waals surface area contributed by atoms with Crippen LogP contribution in [0.25, 0.3) is 11.3 Å². The van der Waals surface area contributed by atoms with Crippen LogP contribution in [0, 0.1) is 0 Å². The van der Waals surface area contributed by atoms with Gasteiger partial charge < -0.3 is 5.32 Å². The third-order valence-corrected chi connectivity index (χ3v) is 8.70. The molecule has 2 heterocycles. The Hall–Kier alpha value is -3.08. The van der Waals surface area contributed by atoms with Crippen LogP contribution in [0.2, 0.25) is 0 Å². The van der Waals surface area contributed by atoms with Crippen molar-refractivity contribution >= 4 is 44.0 Å². The molecule has 0 saturated carbocycles. The minimum Gasteiger partial charge on any atom is -0.326 e. The van der Waals surface area contributed by atoms with Gasteiger partial charge in [0.05, 0.1) is 17.0 Å². The molecule has 0 aliphatic carbocycles. The molecule has 0 atom stereocenters. The van der Waals surface area contributed by atoms with Gasteiger partial charge in [-0.25, -0.2) is 13.4 Å². The first-order valence-electron chi connectivity index (χ1n) is 12.1. The summed E-state index contributed by atoms with van der Waals surface area (Å²) in [5.41, 5.74) is 3.66. The van der Waals surface area contributed by atoms with Crippen molar-refractivity contribution in [2.75, 3.05) is 23.7 Å². The summed E-state index contributed by atoms with van der Waals surface area (Å²) in [6.07, 6.45) is 3.79. The van der Waals surface area contributed by atoms with Gasteiger partial charge in [0.15, 0.2) is 5.13 Å². The van der Waals surface area contributed by atoms with Crippen LogP contribution in [0.3, 0.4) is 0 Å². The van der Waals surface area contributed by atoms with E-state index < -0.39 is 10.0 Å². The summed E-state index contributed by atoms with van der Waals surface area (Å²) in [5.74, 6) is -0.390. The number of carbonyl (C=O) groups excluding carboxylic acids is 2. The monoisotopic (exact) mass is 526 g/mol. The Kier molecular flexibility index (Phi) is 8.17. The number of thiazole rings is 1. The maximum Gasteiger partial charge on any atom is 0.257 e. The second-order valence-corrected chi connectivity index (χ2v) is 11.5. The topological polar surface area (TPSA) is 108 Å². The van der Waals surface area contributed by atoms with Gasteiger partial charge in [0, 0.05) is 35.3 Å². The van der Waals surface area contributed by atoms with Crippen molar-refractivity contribution in [2.45, 2.75) is 50.8 Å². The number of anilines is 2. The normalized spacial score (nSPS) is 13.0. The molecular weight excluding hydrogens is 496 g/mol. The van der Waals surface area contributed by atoms with E-state index in [4.69, 9.17) is 0 Å². The quantitative estimate of drug-likeness (QED) is 0.359. The third-order valence-electron chi connectivity index (χ3n) is 6.03. The number of hydrogen-bond acceptors (Lipinski definition) is 6. The summed E-state index contributed by atoms with van der Waals surface area (Å²) in [6.45, 7) is 5.05. The first-order valence-corrected chi connectivity index (χ1v) is 14.4. The van der Waals surface area contributed by atoms with Gasteiger partial charge in [0.2, 0.25) is 15.9 Å². The Morgan fingerprint density at radius 1 is 1.08 bits per heavy atom. The standard InChI is InChI=1S/C26H30N4O4S2/c1-3-5-13-30(14-6-4-2)36(33,34)21-10-7-18(8-11-21)25(32)29-26-28-23(17-35-26)19-9-12-22-20(15-19)16-24(31)27-22/h7-12,15,17H,3-6,13-14,16H2,1-2H3,(H,27,31)(H,28,29,32). The highest BCUT2D eigenvalue weighted by atomic mass is 32.2. The second kappa shape index (κ2) is 11.3. The minimum atomic E-state index is -3.62. The van der Waals surface area contributed by atoms with Crippen molar-refractivity contribution in [3.8, 4) is 11.3 Å². The fourth-order valence-electron chi connectivity index (χ4n) is 3.97. The van der Waals surface area contributed by atoms with Gasteiger partial charge in [-0.1, -0.05) is 32.8 Å². The SMILES string of the molecule is CCCCN(CCCC)S(=O)(=O)c1ccc(C(=O)Nc2nc(-c3ccc4c(c3)CC(=O)N4)cs2)cc1. The van der Waals surface area contributed by atoms with Gasteiger partial charge in [-0.15, -0.1) is 11.3 Å². The molecule has 1 aliphatic rings. The third kappa shape index (κ3) is 5.83. The first kappa shape index (κ1) is 26.0. The lowest BCUT2D eigenvalue weighted by Crippen LogP contribution is -2.33. The number of amides is 2. The number of nitrogens with one attached hydrogen (secondary N) is 2. The predicted molar refractivity (Wildman–Crippen MR) is 143 cm³/mol. The predicted octanol–water partition coefficient (Wildman–Crippen LogP) is 5.15. The van der Waals surface area contributed by atoms with Crippen LogP contribution in [0.15, 0.2) is 52.7 Å². The zero-order valence-electron chi connectivity index (χ0n) is 20.4. The van der Waals surface area contributed by atoms with Crippen molar-refractivity contribution < 1.29 is 18.0 Å². The van der Waals surface area contributed by atoms with E-state index in [-0.39, 0.29) is 16.7 Å². The molecule has 1 aromatic heterocycles. The highest BCUT2D eigenvalue weighted by molar-refractivity contribution is 7.89. The average molecular weight is 527 g/mol. The number of aromatic nitrogens is 1. The van der Waals surface area contributed by atoms with E-state index in [1.807, 2.05) is 37.4 Å². The first-order chi connectivity index (χ1) is 17.3. The van der Waals surface area contributed by atoms with Crippen LogP contribution < -0.4 is 10.6 Å². The second-order valence-electron chi connectivity index (χ2n) is 8.72. The van der Waals surface area contributed by atoms with Gasteiger partial charge in [0.25, 0.3) is 5.91 Å². The van der Waals surface area contributed by atoms with E-state index in [1.165, 1.54) is 39.9 Å². The Bertz CT molecular complexity index is 1340. The highest BCUT2D eigenvalue weighted by Crippen LogP contribution is 2.31. The number of unbranched alkanes of at least 4 members (excludes halogenated alkanes) is 2. The molecule has 0 saturated heterocycles. The maximum atomic E-state index is 13.1. The number of rotatable bonds is 11. The Morgan fingerprint density at radius 2 is 1.78 bits per heavy atom. The molecule has 8 nitrogen and oxygen atoms in total. The fraction of sp³-hybridized carbons (Fsp3) is 0.346. The van der Waals surface area contributed by atoms with Gasteiger partial charge in [-0.05, 0) is 54.8 Å². The molecule has 0 spiro atoms. The molecule has 0 radical (unpaired) electrons. The number of carbonyl (C=O) groups is 2.